The van der Waals surface area contributed by atoms with Crippen LogP contribution in [0.1, 0.15) is 29.8 Å². The van der Waals surface area contributed by atoms with Gasteiger partial charge in [-0.15, -0.1) is 0 Å². The van der Waals surface area contributed by atoms with Crippen molar-refractivity contribution in [2.45, 2.75) is 20.8 Å². The van der Waals surface area contributed by atoms with Crippen molar-refractivity contribution in [3.63, 3.8) is 0 Å². The van der Waals surface area contributed by atoms with E-state index in [4.69, 9.17) is 10.5 Å². The van der Waals surface area contributed by atoms with Crippen LogP contribution in [0, 0.1) is 6.92 Å². The fraction of sp³-hybridized carbons (Fsp3) is 0.429. The average molecular weight is 264 g/mol. The largest absolute Gasteiger partial charge is 0.465 e. The molecule has 5 heteroatoms. The predicted molar refractivity (Wildman–Crippen MR) is 73.8 cm³/mol. The Balaban J connectivity index is 2.83. The van der Waals surface area contributed by atoms with Crippen LogP contribution in [0.4, 0.5) is 5.69 Å². The molecule has 1 amide bonds. The molecule has 5 nitrogen and oxygen atoms in total. The molecule has 0 aliphatic rings. The number of hydrogen-bond donors (Lipinski definition) is 1. The summed E-state index contributed by atoms with van der Waals surface area (Å²) in [6, 6.07) is 5.13. The summed E-state index contributed by atoms with van der Waals surface area (Å²) in [4.78, 5) is 25.1. The molecule has 0 spiro atoms. The van der Waals surface area contributed by atoms with Crippen LogP contribution < -0.4 is 5.73 Å². The lowest BCUT2D eigenvalue weighted by Crippen LogP contribution is -2.36. The first-order chi connectivity index (χ1) is 8.99. The van der Waals surface area contributed by atoms with Gasteiger partial charge in [-0.25, -0.2) is 0 Å². The Morgan fingerprint density at radius 1 is 1.32 bits per heavy atom. The Bertz CT molecular complexity index is 472. The zero-order valence-electron chi connectivity index (χ0n) is 11.6. The normalized spacial score (nSPS) is 10.1. The van der Waals surface area contributed by atoms with Crippen LogP contribution in [0.3, 0.4) is 0 Å². The van der Waals surface area contributed by atoms with Gasteiger partial charge in [-0.05, 0) is 38.5 Å². The van der Waals surface area contributed by atoms with E-state index in [1.807, 2.05) is 13.8 Å². The van der Waals surface area contributed by atoms with E-state index in [2.05, 4.69) is 0 Å². The van der Waals surface area contributed by atoms with Crippen molar-refractivity contribution in [1.29, 1.82) is 0 Å². The second-order valence-electron chi connectivity index (χ2n) is 4.20. The van der Waals surface area contributed by atoms with Gasteiger partial charge in [0.2, 0.25) is 0 Å². The molecule has 0 atom stereocenters. The molecule has 0 aliphatic heterocycles. The van der Waals surface area contributed by atoms with Crippen molar-refractivity contribution in [1.82, 2.24) is 4.90 Å². The van der Waals surface area contributed by atoms with Gasteiger partial charge in [0.15, 0.2) is 0 Å². The highest BCUT2D eigenvalue weighted by atomic mass is 16.5. The lowest BCUT2D eigenvalue weighted by atomic mass is 10.1. The van der Waals surface area contributed by atoms with Crippen LogP contribution in [0.2, 0.25) is 0 Å². The molecule has 1 rings (SSSR count). The molecule has 1 aromatic rings. The molecular formula is C14H20N2O3. The zero-order valence-corrected chi connectivity index (χ0v) is 11.6. The first-order valence-corrected chi connectivity index (χ1v) is 6.30. The van der Waals surface area contributed by atoms with E-state index in [1.165, 1.54) is 4.90 Å². The summed E-state index contributed by atoms with van der Waals surface area (Å²) in [5.74, 6) is -0.625. The molecule has 0 saturated carbocycles. The summed E-state index contributed by atoms with van der Waals surface area (Å²) in [5, 5.41) is 0. The number of esters is 1. The Labute approximate surface area is 113 Å². The minimum Gasteiger partial charge on any atom is -0.465 e. The van der Waals surface area contributed by atoms with Crippen molar-refractivity contribution >= 4 is 17.6 Å². The summed E-state index contributed by atoms with van der Waals surface area (Å²) >= 11 is 0. The summed E-state index contributed by atoms with van der Waals surface area (Å²) in [5.41, 5.74) is 7.76. The van der Waals surface area contributed by atoms with Crippen molar-refractivity contribution < 1.29 is 14.3 Å². The van der Waals surface area contributed by atoms with E-state index in [-0.39, 0.29) is 12.5 Å². The van der Waals surface area contributed by atoms with Gasteiger partial charge in [0.25, 0.3) is 5.91 Å². The van der Waals surface area contributed by atoms with Crippen molar-refractivity contribution in [2.75, 3.05) is 25.4 Å². The molecule has 0 fully saturated rings. The van der Waals surface area contributed by atoms with Crippen molar-refractivity contribution in [3.05, 3.63) is 29.3 Å². The molecule has 0 aliphatic carbocycles. The standard InChI is InChI=1S/C14H20N2O3/c1-4-16(9-13(17)19-5-2)14(18)11-7-6-10(3)12(15)8-11/h6-8H,4-5,9,15H2,1-3H3. The lowest BCUT2D eigenvalue weighted by Gasteiger charge is -2.20. The Morgan fingerprint density at radius 2 is 2.00 bits per heavy atom. The Kier molecular flexibility index (Phi) is 5.36. The maximum Gasteiger partial charge on any atom is 0.325 e. The van der Waals surface area contributed by atoms with Gasteiger partial charge in [-0.1, -0.05) is 6.07 Å². The quantitative estimate of drug-likeness (QED) is 0.647. The molecule has 104 valence electrons. The lowest BCUT2D eigenvalue weighted by molar-refractivity contribution is -0.143. The van der Waals surface area contributed by atoms with Crippen molar-refractivity contribution in [3.8, 4) is 0 Å². The third-order valence-corrected chi connectivity index (χ3v) is 2.82. The summed E-state index contributed by atoms with van der Waals surface area (Å²) < 4.78 is 4.85. The molecule has 0 unspecified atom stereocenters. The van der Waals surface area contributed by atoms with Gasteiger partial charge in [-0.2, -0.15) is 0 Å². The maximum absolute atomic E-state index is 12.2. The number of ether oxygens (including phenoxy) is 1. The van der Waals surface area contributed by atoms with E-state index in [0.717, 1.165) is 5.56 Å². The molecule has 19 heavy (non-hydrogen) atoms. The second-order valence-corrected chi connectivity index (χ2v) is 4.20. The minimum atomic E-state index is -0.405. The van der Waals surface area contributed by atoms with Gasteiger partial charge in [0.05, 0.1) is 6.61 Å². The maximum atomic E-state index is 12.2. The van der Waals surface area contributed by atoms with Crippen LogP contribution in [-0.4, -0.2) is 36.5 Å². The number of nitrogens with two attached hydrogens (primary N) is 1. The molecular weight excluding hydrogens is 244 g/mol. The van der Waals surface area contributed by atoms with Crippen molar-refractivity contribution in [2.24, 2.45) is 0 Å². The van der Waals surface area contributed by atoms with E-state index in [1.54, 1.807) is 25.1 Å². The number of carbonyl (C=O) groups excluding carboxylic acids is 2. The summed E-state index contributed by atoms with van der Waals surface area (Å²) in [6.07, 6.45) is 0. The smallest absolute Gasteiger partial charge is 0.325 e. The second kappa shape index (κ2) is 6.78. The molecule has 2 N–H and O–H groups in total. The molecule has 0 saturated heterocycles. The van der Waals surface area contributed by atoms with Crippen LogP contribution in [0.15, 0.2) is 18.2 Å². The van der Waals surface area contributed by atoms with Gasteiger partial charge < -0.3 is 15.4 Å². The predicted octanol–water partition coefficient (Wildman–Crippen LogP) is 1.60. The summed E-state index contributed by atoms with van der Waals surface area (Å²) in [7, 11) is 0. The first kappa shape index (κ1) is 15.0. The topological polar surface area (TPSA) is 72.6 Å². The third kappa shape index (κ3) is 3.98. The Hall–Kier alpha value is -2.04. The third-order valence-electron chi connectivity index (χ3n) is 2.82. The number of hydrogen-bond acceptors (Lipinski definition) is 4. The number of anilines is 1. The number of carbonyl (C=O) groups is 2. The number of nitrogen functional groups attached to an aromatic ring is 1. The number of benzene rings is 1. The fourth-order valence-corrected chi connectivity index (χ4v) is 1.65. The number of rotatable bonds is 5. The molecule has 0 bridgehead atoms. The van der Waals surface area contributed by atoms with Crippen LogP contribution in [-0.2, 0) is 9.53 Å². The monoisotopic (exact) mass is 264 g/mol. The number of amides is 1. The first-order valence-electron chi connectivity index (χ1n) is 6.30. The van der Waals surface area contributed by atoms with Gasteiger partial charge in [0.1, 0.15) is 6.54 Å². The van der Waals surface area contributed by atoms with Crippen LogP contribution >= 0.6 is 0 Å². The van der Waals surface area contributed by atoms with E-state index in [9.17, 15) is 9.59 Å². The van der Waals surface area contributed by atoms with Crippen LogP contribution in [0.5, 0.6) is 0 Å². The molecule has 0 radical (unpaired) electrons. The molecule has 1 aromatic carbocycles. The molecule has 0 heterocycles. The van der Waals surface area contributed by atoms with Gasteiger partial charge >= 0.3 is 5.97 Å². The Morgan fingerprint density at radius 3 is 2.53 bits per heavy atom. The zero-order chi connectivity index (χ0) is 14.4. The molecule has 0 aromatic heterocycles. The van der Waals surface area contributed by atoms with Gasteiger partial charge in [0, 0.05) is 17.8 Å². The van der Waals surface area contributed by atoms with E-state index < -0.39 is 5.97 Å². The highest BCUT2D eigenvalue weighted by Gasteiger charge is 2.18. The van der Waals surface area contributed by atoms with E-state index >= 15 is 0 Å². The average Bonchev–Trinajstić information content (AvgIpc) is 2.38. The number of likely N-dealkylation sites (N-methyl/N-ethyl adjacent to an activating group) is 1. The minimum absolute atomic E-state index is 0.0447. The number of nitrogens with zero attached hydrogens (tertiary/aromatic N) is 1. The van der Waals surface area contributed by atoms with Crippen LogP contribution in [0.25, 0.3) is 0 Å². The SMILES string of the molecule is CCOC(=O)CN(CC)C(=O)c1ccc(C)c(N)c1. The number of aryl methyl sites for hydroxylation is 1. The highest BCUT2D eigenvalue weighted by molar-refractivity contribution is 5.96. The highest BCUT2D eigenvalue weighted by Crippen LogP contribution is 2.14. The summed E-state index contributed by atoms with van der Waals surface area (Å²) in [6.45, 7) is 6.12. The fourth-order valence-electron chi connectivity index (χ4n) is 1.65. The van der Waals surface area contributed by atoms with Gasteiger partial charge in [-0.3, -0.25) is 9.59 Å². The van der Waals surface area contributed by atoms with E-state index in [0.29, 0.717) is 24.4 Å².